The summed E-state index contributed by atoms with van der Waals surface area (Å²) in [6.45, 7) is 2.20. The second kappa shape index (κ2) is 7.72. The van der Waals surface area contributed by atoms with Gasteiger partial charge in [-0.3, -0.25) is 0 Å². The molecule has 0 heterocycles. The minimum atomic E-state index is 0.481. The van der Waals surface area contributed by atoms with Crippen LogP contribution in [0.4, 0.5) is 0 Å². The van der Waals surface area contributed by atoms with E-state index < -0.39 is 0 Å². The molecule has 0 aromatic carbocycles. The van der Waals surface area contributed by atoms with Gasteiger partial charge in [0, 0.05) is 0 Å². The topological polar surface area (TPSA) is 32.6 Å². The van der Waals surface area contributed by atoms with Gasteiger partial charge in [-0.2, -0.15) is 0 Å². The maximum atomic E-state index is 8.95. The Kier molecular flexibility index (Phi) is 6.45. The average molecular weight is 211 g/mol. The first-order valence-corrected chi connectivity index (χ1v) is 6.55. The lowest BCUT2D eigenvalue weighted by molar-refractivity contribution is 0.312. The fourth-order valence-corrected chi connectivity index (χ4v) is 2.38. The van der Waals surface area contributed by atoms with E-state index >= 15 is 0 Å². The predicted molar refractivity (Wildman–Crippen MR) is 64.6 cm³/mol. The third-order valence-corrected chi connectivity index (χ3v) is 3.52. The molecule has 1 fully saturated rings. The van der Waals surface area contributed by atoms with Gasteiger partial charge in [-0.15, -0.1) is 0 Å². The Morgan fingerprint density at radius 2 is 1.47 bits per heavy atom. The summed E-state index contributed by atoms with van der Waals surface area (Å²) < 4.78 is 0. The van der Waals surface area contributed by atoms with Crippen molar-refractivity contribution in [1.29, 1.82) is 0 Å². The number of hydrogen-bond donors (Lipinski definition) is 1. The van der Waals surface area contributed by atoms with Crippen LogP contribution in [0, 0.1) is 5.92 Å². The second-order valence-electron chi connectivity index (χ2n) is 4.86. The molecular formula is C13H25NO. The zero-order valence-corrected chi connectivity index (χ0v) is 10.0. The van der Waals surface area contributed by atoms with Gasteiger partial charge in [-0.05, 0) is 25.2 Å². The van der Waals surface area contributed by atoms with E-state index in [0.717, 1.165) is 12.1 Å². The molecule has 0 aromatic heterocycles. The van der Waals surface area contributed by atoms with E-state index in [9.17, 15) is 0 Å². The van der Waals surface area contributed by atoms with Crippen LogP contribution < -0.4 is 0 Å². The van der Waals surface area contributed by atoms with Crippen LogP contribution in [0.15, 0.2) is 5.16 Å². The van der Waals surface area contributed by atoms with Crippen LogP contribution in [0.5, 0.6) is 0 Å². The number of nitrogens with zero attached hydrogens (tertiary/aromatic N) is 1. The Bertz CT molecular complexity index is 189. The smallest absolute Gasteiger partial charge is 0.0598 e. The first-order chi connectivity index (χ1) is 7.34. The summed E-state index contributed by atoms with van der Waals surface area (Å²) in [5.41, 5.74) is 1.02. The second-order valence-corrected chi connectivity index (χ2v) is 4.86. The molecule has 0 aliphatic heterocycles. The van der Waals surface area contributed by atoms with Crippen LogP contribution in [-0.2, 0) is 0 Å². The van der Waals surface area contributed by atoms with Crippen LogP contribution in [0.3, 0.4) is 0 Å². The first kappa shape index (κ1) is 12.5. The highest BCUT2D eigenvalue weighted by Crippen LogP contribution is 2.19. The van der Waals surface area contributed by atoms with Crippen molar-refractivity contribution in [3.8, 4) is 0 Å². The Morgan fingerprint density at radius 3 is 2.07 bits per heavy atom. The lowest BCUT2D eigenvalue weighted by atomic mass is 9.93. The lowest BCUT2D eigenvalue weighted by Gasteiger charge is -2.14. The molecule has 0 spiro atoms. The van der Waals surface area contributed by atoms with Crippen LogP contribution in [-0.4, -0.2) is 10.9 Å². The van der Waals surface area contributed by atoms with Gasteiger partial charge < -0.3 is 5.21 Å². The van der Waals surface area contributed by atoms with Crippen LogP contribution in [0.2, 0.25) is 0 Å². The zero-order valence-electron chi connectivity index (χ0n) is 10.0. The van der Waals surface area contributed by atoms with Crippen molar-refractivity contribution in [2.24, 2.45) is 11.1 Å². The van der Waals surface area contributed by atoms with E-state index in [1.807, 2.05) is 0 Å². The van der Waals surface area contributed by atoms with Crippen LogP contribution in [0.25, 0.3) is 0 Å². The summed E-state index contributed by atoms with van der Waals surface area (Å²) in [6, 6.07) is 0. The zero-order chi connectivity index (χ0) is 10.9. The molecule has 0 radical (unpaired) electrons. The SMILES string of the molecule is C[C@H]1CCCCCCCCCC/C1=N\O. The van der Waals surface area contributed by atoms with E-state index in [4.69, 9.17) is 5.21 Å². The van der Waals surface area contributed by atoms with Crippen molar-refractivity contribution in [2.45, 2.75) is 71.1 Å². The molecule has 1 aliphatic carbocycles. The number of hydrogen-bond acceptors (Lipinski definition) is 2. The summed E-state index contributed by atoms with van der Waals surface area (Å²) in [5, 5.41) is 12.4. The van der Waals surface area contributed by atoms with Gasteiger partial charge in [0.25, 0.3) is 0 Å². The normalized spacial score (nSPS) is 29.4. The first-order valence-electron chi connectivity index (χ1n) is 6.55. The van der Waals surface area contributed by atoms with Gasteiger partial charge in [0.05, 0.1) is 5.71 Å². The summed E-state index contributed by atoms with van der Waals surface area (Å²) >= 11 is 0. The lowest BCUT2D eigenvalue weighted by Crippen LogP contribution is -2.11. The molecule has 1 rings (SSSR count). The highest BCUT2D eigenvalue weighted by Gasteiger charge is 2.11. The van der Waals surface area contributed by atoms with Gasteiger partial charge in [-0.1, -0.05) is 57.0 Å². The largest absolute Gasteiger partial charge is 0.411 e. The van der Waals surface area contributed by atoms with E-state index in [0.29, 0.717) is 5.92 Å². The van der Waals surface area contributed by atoms with Crippen molar-refractivity contribution in [1.82, 2.24) is 0 Å². The quantitative estimate of drug-likeness (QED) is 0.468. The van der Waals surface area contributed by atoms with E-state index in [1.165, 1.54) is 57.8 Å². The van der Waals surface area contributed by atoms with Gasteiger partial charge in [0.15, 0.2) is 0 Å². The van der Waals surface area contributed by atoms with Crippen molar-refractivity contribution < 1.29 is 5.21 Å². The van der Waals surface area contributed by atoms with E-state index in [-0.39, 0.29) is 0 Å². The standard InChI is InChI=1S/C13H25NO/c1-12-10-8-6-4-2-3-5-7-9-11-13(12)14-15/h12,15H,2-11H2,1H3/b14-13+/t12-/m0/s1. The summed E-state index contributed by atoms with van der Waals surface area (Å²) in [7, 11) is 0. The van der Waals surface area contributed by atoms with E-state index in [1.54, 1.807) is 0 Å². The average Bonchev–Trinajstić information content (AvgIpc) is 2.23. The van der Waals surface area contributed by atoms with Crippen molar-refractivity contribution >= 4 is 5.71 Å². The third-order valence-electron chi connectivity index (χ3n) is 3.52. The van der Waals surface area contributed by atoms with Crippen molar-refractivity contribution in [2.75, 3.05) is 0 Å². The molecule has 2 nitrogen and oxygen atoms in total. The van der Waals surface area contributed by atoms with Gasteiger partial charge in [-0.25, -0.2) is 0 Å². The fraction of sp³-hybridized carbons (Fsp3) is 0.923. The molecule has 0 unspecified atom stereocenters. The Morgan fingerprint density at radius 1 is 0.933 bits per heavy atom. The molecule has 1 atom stereocenters. The van der Waals surface area contributed by atoms with Gasteiger partial charge in [0.1, 0.15) is 0 Å². The highest BCUT2D eigenvalue weighted by atomic mass is 16.4. The van der Waals surface area contributed by atoms with Crippen molar-refractivity contribution in [3.05, 3.63) is 0 Å². The van der Waals surface area contributed by atoms with Gasteiger partial charge >= 0.3 is 0 Å². The van der Waals surface area contributed by atoms with Crippen molar-refractivity contribution in [3.63, 3.8) is 0 Å². The maximum Gasteiger partial charge on any atom is 0.0598 e. The third kappa shape index (κ3) is 5.19. The molecule has 0 saturated heterocycles. The molecule has 0 aromatic rings. The monoisotopic (exact) mass is 211 g/mol. The molecule has 0 amide bonds. The van der Waals surface area contributed by atoms with Crippen LogP contribution in [0.1, 0.15) is 71.1 Å². The van der Waals surface area contributed by atoms with Gasteiger partial charge in [0.2, 0.25) is 0 Å². The molecule has 2 heteroatoms. The summed E-state index contributed by atoms with van der Waals surface area (Å²) in [5.74, 6) is 0.481. The molecule has 1 N–H and O–H groups in total. The Labute approximate surface area is 93.8 Å². The van der Waals surface area contributed by atoms with E-state index in [2.05, 4.69) is 12.1 Å². The minimum absolute atomic E-state index is 0.481. The number of oxime groups is 1. The summed E-state index contributed by atoms with van der Waals surface area (Å²) in [4.78, 5) is 0. The molecule has 1 saturated carbocycles. The minimum Gasteiger partial charge on any atom is -0.411 e. The predicted octanol–water partition coefficient (Wildman–Crippen LogP) is 4.37. The molecular weight excluding hydrogens is 186 g/mol. The summed E-state index contributed by atoms with van der Waals surface area (Å²) in [6.07, 6.45) is 12.9. The molecule has 88 valence electrons. The molecule has 0 bridgehead atoms. The number of rotatable bonds is 0. The molecule has 15 heavy (non-hydrogen) atoms. The Hall–Kier alpha value is -0.530. The maximum absolute atomic E-state index is 8.95. The Balaban J connectivity index is 2.38. The highest BCUT2D eigenvalue weighted by molar-refractivity contribution is 5.85. The van der Waals surface area contributed by atoms with Crippen LogP contribution >= 0.6 is 0 Å². The molecule has 1 aliphatic rings. The fourth-order valence-electron chi connectivity index (χ4n) is 2.38.